The van der Waals surface area contributed by atoms with Crippen LogP contribution in [0.4, 0.5) is 5.69 Å². The Labute approximate surface area is 219 Å². The van der Waals surface area contributed by atoms with Crippen molar-refractivity contribution in [2.24, 2.45) is 0 Å². The molecule has 0 saturated heterocycles. The van der Waals surface area contributed by atoms with Gasteiger partial charge < -0.3 is 9.45 Å². The van der Waals surface area contributed by atoms with Crippen molar-refractivity contribution in [1.29, 1.82) is 0 Å². The molecule has 0 N–H and O–H groups in total. The number of ketones is 1. The monoisotopic (exact) mass is 511 g/mol. The second-order valence-corrected chi connectivity index (χ2v) is 11.6. The number of fused-ring (bicyclic) bond motifs is 2. The van der Waals surface area contributed by atoms with Gasteiger partial charge in [-0.05, 0) is 42.8 Å². The number of rotatable bonds is 6. The van der Waals surface area contributed by atoms with Gasteiger partial charge in [0.1, 0.15) is 4.91 Å². The molecular formula is C22H18NNaO6S3. The standard InChI is InChI=1S/C22H19NO6S3.Na/c24-22-16-8-1-4-11-19(16)32(28,29)20(22)12-5-6-13-21-23(14-7-15-31(25,26)27)17-9-2-3-10-18(17)30-21;/h1-6,8-13H,7,14-15H2,(H,25,26,27);/q;+1/p-1. The normalized spacial score (nSPS) is 19.2. The molecule has 0 saturated carbocycles. The molecular weight excluding hydrogens is 493 g/mol. The number of Topliss-reactive ketones (excluding diaryl/α,β-unsaturated/α-hetero) is 1. The summed E-state index contributed by atoms with van der Waals surface area (Å²) >= 11 is 1.48. The molecule has 7 nitrogen and oxygen atoms in total. The summed E-state index contributed by atoms with van der Waals surface area (Å²) in [6, 6.07) is 13.7. The molecule has 2 aromatic carbocycles. The van der Waals surface area contributed by atoms with E-state index < -0.39 is 31.5 Å². The number of benzene rings is 2. The number of hydrogen-bond acceptors (Lipinski definition) is 8. The second-order valence-electron chi connectivity index (χ2n) is 7.09. The molecule has 0 unspecified atom stereocenters. The van der Waals surface area contributed by atoms with Crippen LogP contribution in [-0.2, 0) is 20.0 Å². The molecule has 166 valence electrons. The van der Waals surface area contributed by atoms with E-state index in [1.165, 1.54) is 36.0 Å². The Morgan fingerprint density at radius 3 is 2.39 bits per heavy atom. The van der Waals surface area contributed by atoms with Crippen molar-refractivity contribution < 1.29 is 55.7 Å². The van der Waals surface area contributed by atoms with Crippen molar-refractivity contribution in [2.75, 3.05) is 17.2 Å². The van der Waals surface area contributed by atoms with E-state index >= 15 is 0 Å². The zero-order valence-corrected chi connectivity index (χ0v) is 22.1. The van der Waals surface area contributed by atoms with Crippen LogP contribution in [0.5, 0.6) is 0 Å². The first-order valence-corrected chi connectivity index (χ1v) is 13.5. The smallest absolute Gasteiger partial charge is 0.748 e. The van der Waals surface area contributed by atoms with Crippen molar-refractivity contribution in [1.82, 2.24) is 0 Å². The molecule has 0 fully saturated rings. The molecule has 0 atom stereocenters. The van der Waals surface area contributed by atoms with E-state index in [9.17, 15) is 26.2 Å². The first kappa shape index (κ1) is 26.0. The van der Waals surface area contributed by atoms with Gasteiger partial charge in [0.05, 0.1) is 25.7 Å². The van der Waals surface area contributed by atoms with E-state index in [4.69, 9.17) is 0 Å². The fraction of sp³-hybridized carbons (Fsp3) is 0.136. The molecule has 11 heteroatoms. The Morgan fingerprint density at radius 2 is 1.67 bits per heavy atom. The number of sulfone groups is 1. The van der Waals surface area contributed by atoms with Crippen LogP contribution in [0.3, 0.4) is 0 Å². The molecule has 0 bridgehead atoms. The summed E-state index contributed by atoms with van der Waals surface area (Å²) < 4.78 is 58.1. The maximum Gasteiger partial charge on any atom is 1.00 e. The molecule has 4 rings (SSSR count). The predicted molar refractivity (Wildman–Crippen MR) is 122 cm³/mol. The molecule has 0 aromatic heterocycles. The Morgan fingerprint density at radius 1 is 1.00 bits per heavy atom. The van der Waals surface area contributed by atoms with Gasteiger partial charge in [0.2, 0.25) is 15.6 Å². The van der Waals surface area contributed by atoms with Gasteiger partial charge in [-0.3, -0.25) is 4.79 Å². The SMILES string of the molecule is O=C1C(=CC=CC=C2Sc3ccccc3N2CCCS(=O)(=O)[O-])S(=O)(=O)c2ccccc21.[Na+]. The van der Waals surface area contributed by atoms with Crippen molar-refractivity contribution in [2.45, 2.75) is 16.2 Å². The quantitative estimate of drug-likeness (QED) is 0.313. The predicted octanol–water partition coefficient (Wildman–Crippen LogP) is 0.490. The first-order chi connectivity index (χ1) is 15.2. The maximum absolute atomic E-state index is 12.6. The molecule has 0 spiro atoms. The van der Waals surface area contributed by atoms with Crippen LogP contribution in [0, 0.1) is 0 Å². The Hall–Kier alpha value is -1.66. The van der Waals surface area contributed by atoms with Gasteiger partial charge in [-0.2, -0.15) is 0 Å². The molecule has 2 aromatic rings. The molecule has 2 aliphatic rings. The van der Waals surface area contributed by atoms with E-state index in [0.29, 0.717) is 6.54 Å². The van der Waals surface area contributed by atoms with E-state index in [1.54, 1.807) is 24.3 Å². The van der Waals surface area contributed by atoms with Crippen LogP contribution in [0.2, 0.25) is 0 Å². The summed E-state index contributed by atoms with van der Waals surface area (Å²) in [6.45, 7) is 0.342. The van der Waals surface area contributed by atoms with Crippen LogP contribution in [0.25, 0.3) is 0 Å². The third-order valence-electron chi connectivity index (χ3n) is 4.94. The zero-order valence-electron chi connectivity index (χ0n) is 17.7. The minimum atomic E-state index is -4.29. The third-order valence-corrected chi connectivity index (χ3v) is 8.70. The number of carbonyl (C=O) groups excluding carboxylic acids is 1. The second kappa shape index (κ2) is 10.3. The average molecular weight is 512 g/mol. The summed E-state index contributed by atoms with van der Waals surface area (Å²) in [4.78, 5) is 15.1. The molecule has 2 aliphatic heterocycles. The molecule has 33 heavy (non-hydrogen) atoms. The average Bonchev–Trinajstić information content (AvgIpc) is 3.18. The van der Waals surface area contributed by atoms with Gasteiger partial charge in [-0.15, -0.1) is 0 Å². The van der Waals surface area contributed by atoms with E-state index in [2.05, 4.69) is 0 Å². The van der Waals surface area contributed by atoms with E-state index in [1.807, 2.05) is 29.2 Å². The van der Waals surface area contributed by atoms with Gasteiger partial charge in [0, 0.05) is 22.8 Å². The Bertz CT molecular complexity index is 1390. The largest absolute Gasteiger partial charge is 1.00 e. The minimum absolute atomic E-state index is 0. The van der Waals surface area contributed by atoms with Gasteiger partial charge >= 0.3 is 29.6 Å². The van der Waals surface area contributed by atoms with Crippen molar-refractivity contribution in [3.05, 3.63) is 88.3 Å². The summed E-state index contributed by atoms with van der Waals surface area (Å²) in [5.41, 5.74) is 1.08. The maximum atomic E-state index is 12.6. The third kappa shape index (κ3) is 5.54. The van der Waals surface area contributed by atoms with Crippen LogP contribution in [0.1, 0.15) is 16.8 Å². The van der Waals surface area contributed by atoms with E-state index in [0.717, 1.165) is 15.6 Å². The van der Waals surface area contributed by atoms with Gasteiger partial charge in [-0.25, -0.2) is 16.8 Å². The van der Waals surface area contributed by atoms with Crippen LogP contribution < -0.4 is 34.5 Å². The van der Waals surface area contributed by atoms with Crippen molar-refractivity contribution in [3.63, 3.8) is 0 Å². The minimum Gasteiger partial charge on any atom is -0.748 e. The van der Waals surface area contributed by atoms with Crippen LogP contribution >= 0.6 is 11.8 Å². The molecule has 0 radical (unpaired) electrons. The number of anilines is 1. The van der Waals surface area contributed by atoms with Gasteiger partial charge in [-0.1, -0.05) is 48.2 Å². The summed E-state index contributed by atoms with van der Waals surface area (Å²) in [7, 11) is -8.13. The number of allylic oxidation sites excluding steroid dienone is 5. The number of para-hydroxylation sites is 1. The van der Waals surface area contributed by atoms with Gasteiger partial charge in [0.25, 0.3) is 0 Å². The van der Waals surface area contributed by atoms with Crippen LogP contribution in [0.15, 0.2) is 92.6 Å². The Balaban J connectivity index is 0.00000306. The zero-order chi connectivity index (χ0) is 22.9. The molecule has 0 aliphatic carbocycles. The van der Waals surface area contributed by atoms with Crippen LogP contribution in [-0.4, -0.2) is 39.5 Å². The number of carbonyl (C=O) groups is 1. The summed E-state index contributed by atoms with van der Waals surface area (Å²) in [5.74, 6) is -0.979. The van der Waals surface area contributed by atoms with Gasteiger partial charge in [0.15, 0.2) is 0 Å². The molecule has 2 heterocycles. The summed E-state index contributed by atoms with van der Waals surface area (Å²) in [6.07, 6.45) is 6.34. The van der Waals surface area contributed by atoms with Crippen molar-refractivity contribution in [3.8, 4) is 0 Å². The number of thioether (sulfide) groups is 1. The topological polar surface area (TPSA) is 112 Å². The first-order valence-electron chi connectivity index (χ1n) is 9.64. The van der Waals surface area contributed by atoms with E-state index in [-0.39, 0.29) is 51.3 Å². The Kier molecular flexibility index (Phi) is 8.11. The van der Waals surface area contributed by atoms with Crippen molar-refractivity contribution >= 4 is 43.2 Å². The fourth-order valence-corrected chi connectivity index (χ4v) is 6.66. The molecule has 0 amide bonds. The summed E-state index contributed by atoms with van der Waals surface area (Å²) in [5, 5.41) is 0.799. The number of hydrogen-bond donors (Lipinski definition) is 0. The fourth-order valence-electron chi connectivity index (χ4n) is 3.51. The number of nitrogens with zero attached hydrogens (tertiary/aromatic N) is 1.